The first-order chi connectivity index (χ1) is 9.08. The summed E-state index contributed by atoms with van der Waals surface area (Å²) in [5.41, 5.74) is 2.60. The van der Waals surface area contributed by atoms with Gasteiger partial charge in [0.25, 0.3) is 0 Å². The molecular weight excluding hydrogens is 439 g/mol. The molecule has 2 rings (SSSR count). The van der Waals surface area contributed by atoms with Gasteiger partial charge in [0.15, 0.2) is 0 Å². The second-order valence-electron chi connectivity index (χ2n) is 5.14. The Labute approximate surface area is 156 Å². The Kier molecular flexibility index (Phi) is 10.4. The van der Waals surface area contributed by atoms with E-state index in [4.69, 9.17) is 0 Å². The van der Waals surface area contributed by atoms with Crippen LogP contribution in [0.2, 0.25) is 0 Å². The van der Waals surface area contributed by atoms with E-state index in [9.17, 15) is 0 Å². The van der Waals surface area contributed by atoms with E-state index in [1.165, 1.54) is 11.1 Å². The van der Waals surface area contributed by atoms with Crippen molar-refractivity contribution in [3.63, 3.8) is 0 Å². The summed E-state index contributed by atoms with van der Waals surface area (Å²) in [4.78, 5) is 2.56. The van der Waals surface area contributed by atoms with Crippen LogP contribution in [0.4, 0.5) is 0 Å². The standard InChI is InChI=1S/C15H20Br2N2.2ClH/c1-11(2)9-15(19-7-5-18-6-8-19)12-3-4-13(16)14(17)10-12;;/h3-4,10,15,18H,1,5-9H2,2H3;2*1H/t15-;;/m1../s1. The van der Waals surface area contributed by atoms with Crippen molar-refractivity contribution in [1.29, 1.82) is 0 Å². The summed E-state index contributed by atoms with van der Waals surface area (Å²) in [6, 6.07) is 6.99. The monoisotopic (exact) mass is 458 g/mol. The van der Waals surface area contributed by atoms with Crippen molar-refractivity contribution < 1.29 is 0 Å². The maximum atomic E-state index is 4.09. The Morgan fingerprint density at radius 3 is 2.38 bits per heavy atom. The van der Waals surface area contributed by atoms with Crippen molar-refractivity contribution in [2.75, 3.05) is 26.2 Å². The Morgan fingerprint density at radius 2 is 1.86 bits per heavy atom. The van der Waals surface area contributed by atoms with E-state index in [0.717, 1.165) is 41.5 Å². The van der Waals surface area contributed by atoms with Gasteiger partial charge in [0.05, 0.1) is 0 Å². The van der Waals surface area contributed by atoms with Gasteiger partial charge in [-0.2, -0.15) is 0 Å². The minimum Gasteiger partial charge on any atom is -0.314 e. The zero-order valence-electron chi connectivity index (χ0n) is 12.1. The molecule has 0 spiro atoms. The molecular formula is C15H22Br2Cl2N2. The minimum atomic E-state index is 0. The zero-order chi connectivity index (χ0) is 13.8. The molecule has 1 aliphatic heterocycles. The van der Waals surface area contributed by atoms with Crippen LogP contribution in [0.3, 0.4) is 0 Å². The number of hydrogen-bond acceptors (Lipinski definition) is 2. The van der Waals surface area contributed by atoms with Gasteiger partial charge >= 0.3 is 0 Å². The Balaban J connectivity index is 0.00000200. The molecule has 0 amide bonds. The van der Waals surface area contributed by atoms with Crippen LogP contribution in [0.15, 0.2) is 39.3 Å². The van der Waals surface area contributed by atoms with Gasteiger partial charge in [0.1, 0.15) is 0 Å². The number of hydrogen-bond donors (Lipinski definition) is 1. The fourth-order valence-corrected chi connectivity index (χ4v) is 3.14. The first-order valence-electron chi connectivity index (χ1n) is 6.62. The van der Waals surface area contributed by atoms with Gasteiger partial charge in [0.2, 0.25) is 0 Å². The van der Waals surface area contributed by atoms with Crippen LogP contribution >= 0.6 is 56.7 Å². The van der Waals surface area contributed by atoms with E-state index in [1.54, 1.807) is 0 Å². The average Bonchev–Trinajstić information content (AvgIpc) is 2.40. The SMILES string of the molecule is C=C(C)C[C@H](c1ccc(Br)c(Br)c1)N1CCNCC1.Cl.Cl. The minimum absolute atomic E-state index is 0. The first-order valence-corrected chi connectivity index (χ1v) is 8.20. The van der Waals surface area contributed by atoms with Gasteiger partial charge < -0.3 is 5.32 Å². The highest BCUT2D eigenvalue weighted by atomic mass is 79.9. The highest BCUT2D eigenvalue weighted by molar-refractivity contribution is 9.13. The van der Waals surface area contributed by atoms with Crippen LogP contribution in [0.25, 0.3) is 0 Å². The third kappa shape index (κ3) is 6.20. The summed E-state index contributed by atoms with van der Waals surface area (Å²) in [5, 5.41) is 3.41. The number of halogens is 4. The predicted molar refractivity (Wildman–Crippen MR) is 103 cm³/mol. The van der Waals surface area contributed by atoms with Gasteiger partial charge in [-0.05, 0) is 62.9 Å². The molecule has 1 N–H and O–H groups in total. The van der Waals surface area contributed by atoms with E-state index in [0.29, 0.717) is 6.04 Å². The lowest BCUT2D eigenvalue weighted by atomic mass is 9.98. The summed E-state index contributed by atoms with van der Waals surface area (Å²) in [5.74, 6) is 0. The number of nitrogens with one attached hydrogen (secondary N) is 1. The van der Waals surface area contributed by atoms with Crippen LogP contribution in [0.1, 0.15) is 24.9 Å². The van der Waals surface area contributed by atoms with Crippen molar-refractivity contribution in [2.45, 2.75) is 19.4 Å². The van der Waals surface area contributed by atoms with Crippen molar-refractivity contribution in [1.82, 2.24) is 10.2 Å². The van der Waals surface area contributed by atoms with Crippen LogP contribution in [0, 0.1) is 0 Å². The summed E-state index contributed by atoms with van der Waals surface area (Å²) in [6.07, 6.45) is 1.02. The number of piperazine rings is 1. The number of nitrogens with zero attached hydrogens (tertiary/aromatic N) is 1. The normalized spacial score (nSPS) is 16.5. The molecule has 0 radical (unpaired) electrons. The zero-order valence-corrected chi connectivity index (χ0v) is 16.9. The number of benzene rings is 1. The van der Waals surface area contributed by atoms with Crippen molar-refractivity contribution in [3.8, 4) is 0 Å². The first kappa shape index (κ1) is 21.4. The molecule has 21 heavy (non-hydrogen) atoms. The van der Waals surface area contributed by atoms with Crippen molar-refractivity contribution in [3.05, 3.63) is 44.9 Å². The van der Waals surface area contributed by atoms with Gasteiger partial charge in [0, 0.05) is 41.2 Å². The van der Waals surface area contributed by atoms with Crippen LogP contribution in [0.5, 0.6) is 0 Å². The Bertz CT molecular complexity index is 463. The van der Waals surface area contributed by atoms with E-state index < -0.39 is 0 Å². The molecule has 2 nitrogen and oxygen atoms in total. The maximum absolute atomic E-state index is 4.09. The molecule has 1 atom stereocenters. The topological polar surface area (TPSA) is 15.3 Å². The fraction of sp³-hybridized carbons (Fsp3) is 0.467. The van der Waals surface area contributed by atoms with E-state index in [1.807, 2.05) is 0 Å². The lowest BCUT2D eigenvalue weighted by Gasteiger charge is -2.35. The second kappa shape index (κ2) is 10.2. The summed E-state index contributed by atoms with van der Waals surface area (Å²) in [7, 11) is 0. The summed E-state index contributed by atoms with van der Waals surface area (Å²) in [6.45, 7) is 10.6. The van der Waals surface area contributed by atoms with Gasteiger partial charge in [-0.1, -0.05) is 11.6 Å². The molecule has 0 unspecified atom stereocenters. The van der Waals surface area contributed by atoms with E-state index in [-0.39, 0.29) is 24.8 Å². The largest absolute Gasteiger partial charge is 0.314 e. The molecule has 0 aliphatic carbocycles. The van der Waals surface area contributed by atoms with Crippen LogP contribution < -0.4 is 5.32 Å². The second-order valence-corrected chi connectivity index (χ2v) is 6.85. The Morgan fingerprint density at radius 1 is 1.24 bits per heavy atom. The summed E-state index contributed by atoms with van der Waals surface area (Å²) >= 11 is 7.14. The molecule has 1 aromatic carbocycles. The summed E-state index contributed by atoms with van der Waals surface area (Å²) < 4.78 is 2.22. The van der Waals surface area contributed by atoms with Crippen molar-refractivity contribution in [2.24, 2.45) is 0 Å². The van der Waals surface area contributed by atoms with E-state index >= 15 is 0 Å². The molecule has 1 heterocycles. The van der Waals surface area contributed by atoms with Crippen molar-refractivity contribution >= 4 is 56.7 Å². The molecule has 120 valence electrons. The molecule has 1 saturated heterocycles. The fourth-order valence-electron chi connectivity index (χ4n) is 2.50. The van der Waals surface area contributed by atoms with Crippen LogP contribution in [-0.4, -0.2) is 31.1 Å². The van der Waals surface area contributed by atoms with Gasteiger partial charge in [-0.15, -0.1) is 31.4 Å². The molecule has 1 aliphatic rings. The van der Waals surface area contributed by atoms with Crippen LogP contribution in [-0.2, 0) is 0 Å². The number of rotatable bonds is 4. The third-order valence-corrected chi connectivity index (χ3v) is 5.34. The molecule has 0 saturated carbocycles. The molecule has 1 aromatic rings. The van der Waals surface area contributed by atoms with Gasteiger partial charge in [-0.25, -0.2) is 0 Å². The molecule has 0 aromatic heterocycles. The lowest BCUT2D eigenvalue weighted by molar-refractivity contribution is 0.172. The highest BCUT2D eigenvalue weighted by Gasteiger charge is 2.22. The molecule has 1 fully saturated rings. The molecule has 0 bridgehead atoms. The van der Waals surface area contributed by atoms with E-state index in [2.05, 4.69) is 73.8 Å². The van der Waals surface area contributed by atoms with Gasteiger partial charge in [-0.3, -0.25) is 4.90 Å². The lowest BCUT2D eigenvalue weighted by Crippen LogP contribution is -2.45. The third-order valence-electron chi connectivity index (χ3n) is 3.46. The molecule has 6 heteroatoms. The highest BCUT2D eigenvalue weighted by Crippen LogP contribution is 2.32. The maximum Gasteiger partial charge on any atom is 0.0386 e. The smallest absolute Gasteiger partial charge is 0.0386 e. The quantitative estimate of drug-likeness (QED) is 0.638. The Hall–Kier alpha value is 0.420. The average molecular weight is 461 g/mol. The predicted octanol–water partition coefficient (Wildman–Crippen LogP) is 4.97.